The van der Waals surface area contributed by atoms with Crippen molar-refractivity contribution in [3.8, 4) is 0 Å². The normalized spacial score (nSPS) is 24.9. The SMILES string of the molecule is N=C(N)C1CCN(CCC2CCCCC2)CC1. The first-order valence-electron chi connectivity index (χ1n) is 7.32. The molecular formula is C14H27N3. The first-order chi connectivity index (χ1) is 8.25. The monoisotopic (exact) mass is 237 g/mol. The average molecular weight is 237 g/mol. The molecule has 2 aliphatic rings. The summed E-state index contributed by atoms with van der Waals surface area (Å²) in [6.07, 6.45) is 10.9. The Bertz CT molecular complexity index is 238. The van der Waals surface area contributed by atoms with Crippen LogP contribution >= 0.6 is 0 Å². The van der Waals surface area contributed by atoms with Crippen molar-refractivity contribution < 1.29 is 0 Å². The van der Waals surface area contributed by atoms with E-state index in [0.29, 0.717) is 11.8 Å². The molecule has 1 saturated carbocycles. The van der Waals surface area contributed by atoms with Gasteiger partial charge in [0.15, 0.2) is 0 Å². The standard InChI is InChI=1S/C14H27N3/c15-14(16)13-7-10-17(11-8-13)9-6-12-4-2-1-3-5-12/h12-13H,1-11H2,(H3,15,16). The van der Waals surface area contributed by atoms with Crippen LogP contribution in [-0.2, 0) is 0 Å². The molecule has 3 heteroatoms. The topological polar surface area (TPSA) is 53.1 Å². The molecule has 0 amide bonds. The van der Waals surface area contributed by atoms with E-state index in [9.17, 15) is 0 Å². The molecule has 98 valence electrons. The van der Waals surface area contributed by atoms with Gasteiger partial charge in [0, 0.05) is 5.92 Å². The minimum absolute atomic E-state index is 0.362. The van der Waals surface area contributed by atoms with Crippen molar-refractivity contribution in [1.82, 2.24) is 4.90 Å². The number of amidine groups is 1. The third kappa shape index (κ3) is 3.98. The summed E-state index contributed by atoms with van der Waals surface area (Å²) < 4.78 is 0. The highest BCUT2D eigenvalue weighted by molar-refractivity contribution is 5.79. The Hall–Kier alpha value is -0.570. The van der Waals surface area contributed by atoms with Crippen LogP contribution in [0, 0.1) is 17.2 Å². The van der Waals surface area contributed by atoms with Crippen LogP contribution in [0.4, 0.5) is 0 Å². The van der Waals surface area contributed by atoms with Gasteiger partial charge in [0.05, 0.1) is 5.84 Å². The Morgan fingerprint density at radius 2 is 1.71 bits per heavy atom. The first kappa shape index (κ1) is 12.9. The third-order valence-corrected chi connectivity index (χ3v) is 4.61. The van der Waals surface area contributed by atoms with Crippen LogP contribution in [0.5, 0.6) is 0 Å². The number of nitrogens with one attached hydrogen (secondary N) is 1. The lowest BCUT2D eigenvalue weighted by molar-refractivity contribution is 0.186. The predicted octanol–water partition coefficient (Wildman–Crippen LogP) is 2.60. The number of nitrogens with zero attached hydrogens (tertiary/aromatic N) is 1. The van der Waals surface area contributed by atoms with E-state index in [0.717, 1.165) is 31.8 Å². The van der Waals surface area contributed by atoms with Crippen LogP contribution in [0.25, 0.3) is 0 Å². The Morgan fingerprint density at radius 3 is 2.29 bits per heavy atom. The van der Waals surface area contributed by atoms with Gasteiger partial charge in [0.1, 0.15) is 0 Å². The maximum Gasteiger partial charge on any atom is 0.0937 e. The van der Waals surface area contributed by atoms with Crippen molar-refractivity contribution in [1.29, 1.82) is 5.41 Å². The zero-order valence-corrected chi connectivity index (χ0v) is 11.0. The summed E-state index contributed by atoms with van der Waals surface area (Å²) in [6.45, 7) is 3.57. The molecule has 0 unspecified atom stereocenters. The zero-order chi connectivity index (χ0) is 12.1. The summed E-state index contributed by atoms with van der Waals surface area (Å²) in [6, 6.07) is 0. The van der Waals surface area contributed by atoms with Crippen molar-refractivity contribution in [2.75, 3.05) is 19.6 Å². The molecule has 0 bridgehead atoms. The summed E-state index contributed by atoms with van der Waals surface area (Å²) in [4.78, 5) is 2.58. The van der Waals surface area contributed by atoms with E-state index in [-0.39, 0.29) is 0 Å². The molecule has 0 spiro atoms. The van der Waals surface area contributed by atoms with Crippen LogP contribution in [0.1, 0.15) is 51.4 Å². The summed E-state index contributed by atoms with van der Waals surface area (Å²) in [5, 5.41) is 7.48. The molecule has 0 radical (unpaired) electrons. The first-order valence-corrected chi connectivity index (χ1v) is 7.32. The molecular weight excluding hydrogens is 210 g/mol. The molecule has 1 heterocycles. The van der Waals surface area contributed by atoms with E-state index in [2.05, 4.69) is 4.90 Å². The molecule has 0 aromatic carbocycles. The minimum atomic E-state index is 0.362. The van der Waals surface area contributed by atoms with Crippen LogP contribution < -0.4 is 5.73 Å². The lowest BCUT2D eigenvalue weighted by Crippen LogP contribution is -2.39. The largest absolute Gasteiger partial charge is 0.387 e. The van der Waals surface area contributed by atoms with E-state index in [4.69, 9.17) is 11.1 Å². The molecule has 0 atom stereocenters. The summed E-state index contributed by atoms with van der Waals surface area (Å²) in [5.41, 5.74) is 5.57. The van der Waals surface area contributed by atoms with Crippen LogP contribution in [0.2, 0.25) is 0 Å². The number of nitrogens with two attached hydrogens (primary N) is 1. The summed E-state index contributed by atoms with van der Waals surface area (Å²) in [5.74, 6) is 1.76. The van der Waals surface area contributed by atoms with Crippen molar-refractivity contribution in [3.63, 3.8) is 0 Å². The van der Waals surface area contributed by atoms with E-state index in [1.807, 2.05) is 0 Å². The van der Waals surface area contributed by atoms with E-state index in [1.54, 1.807) is 0 Å². The third-order valence-electron chi connectivity index (χ3n) is 4.61. The molecule has 1 aliphatic carbocycles. The predicted molar refractivity (Wildman–Crippen MR) is 72.3 cm³/mol. The Kier molecular flexibility index (Phi) is 4.84. The molecule has 1 aliphatic heterocycles. The summed E-state index contributed by atoms with van der Waals surface area (Å²) >= 11 is 0. The second-order valence-corrected chi connectivity index (χ2v) is 5.86. The van der Waals surface area contributed by atoms with Crippen LogP contribution in [-0.4, -0.2) is 30.4 Å². The van der Waals surface area contributed by atoms with Gasteiger partial charge in [-0.1, -0.05) is 32.1 Å². The van der Waals surface area contributed by atoms with E-state index in [1.165, 1.54) is 45.1 Å². The van der Waals surface area contributed by atoms with E-state index < -0.39 is 0 Å². The van der Waals surface area contributed by atoms with Gasteiger partial charge in [-0.15, -0.1) is 0 Å². The van der Waals surface area contributed by atoms with E-state index >= 15 is 0 Å². The van der Waals surface area contributed by atoms with Gasteiger partial charge in [-0.05, 0) is 44.8 Å². The smallest absolute Gasteiger partial charge is 0.0937 e. The van der Waals surface area contributed by atoms with Gasteiger partial charge in [0.25, 0.3) is 0 Å². The lowest BCUT2D eigenvalue weighted by atomic mass is 9.86. The maximum absolute atomic E-state index is 7.48. The van der Waals surface area contributed by atoms with Crippen LogP contribution in [0.3, 0.4) is 0 Å². The zero-order valence-electron chi connectivity index (χ0n) is 11.0. The molecule has 2 fully saturated rings. The minimum Gasteiger partial charge on any atom is -0.387 e. The average Bonchev–Trinajstić information content (AvgIpc) is 2.38. The molecule has 0 aromatic rings. The number of hydrogen-bond donors (Lipinski definition) is 2. The van der Waals surface area contributed by atoms with Gasteiger partial charge in [-0.25, -0.2) is 0 Å². The fraction of sp³-hybridized carbons (Fsp3) is 0.929. The highest BCUT2D eigenvalue weighted by Gasteiger charge is 2.22. The fourth-order valence-corrected chi connectivity index (χ4v) is 3.31. The molecule has 2 rings (SSSR count). The highest BCUT2D eigenvalue weighted by Crippen LogP contribution is 2.27. The number of piperidine rings is 1. The second kappa shape index (κ2) is 6.39. The Labute approximate surface area is 105 Å². The van der Waals surface area contributed by atoms with Gasteiger partial charge in [-0.3, -0.25) is 5.41 Å². The highest BCUT2D eigenvalue weighted by atomic mass is 15.1. The number of likely N-dealkylation sites (tertiary alicyclic amines) is 1. The maximum atomic E-state index is 7.48. The Morgan fingerprint density at radius 1 is 1.06 bits per heavy atom. The molecule has 0 aromatic heterocycles. The fourth-order valence-electron chi connectivity index (χ4n) is 3.31. The van der Waals surface area contributed by atoms with Gasteiger partial charge < -0.3 is 10.6 Å². The lowest BCUT2D eigenvalue weighted by Gasteiger charge is -2.32. The van der Waals surface area contributed by atoms with Crippen molar-refractivity contribution in [2.45, 2.75) is 51.4 Å². The van der Waals surface area contributed by atoms with Crippen LogP contribution in [0.15, 0.2) is 0 Å². The number of hydrogen-bond acceptors (Lipinski definition) is 2. The Balaban J connectivity index is 1.62. The van der Waals surface area contributed by atoms with Gasteiger partial charge >= 0.3 is 0 Å². The van der Waals surface area contributed by atoms with Crippen molar-refractivity contribution in [3.05, 3.63) is 0 Å². The van der Waals surface area contributed by atoms with Gasteiger partial charge in [0.2, 0.25) is 0 Å². The quantitative estimate of drug-likeness (QED) is 0.583. The van der Waals surface area contributed by atoms with Gasteiger partial charge in [-0.2, -0.15) is 0 Å². The number of rotatable bonds is 4. The summed E-state index contributed by atoms with van der Waals surface area (Å²) in [7, 11) is 0. The molecule has 1 saturated heterocycles. The molecule has 3 nitrogen and oxygen atoms in total. The second-order valence-electron chi connectivity index (χ2n) is 5.86. The molecule has 17 heavy (non-hydrogen) atoms. The molecule has 3 N–H and O–H groups in total. The van der Waals surface area contributed by atoms with Crippen molar-refractivity contribution >= 4 is 5.84 Å². The van der Waals surface area contributed by atoms with Crippen molar-refractivity contribution in [2.24, 2.45) is 17.6 Å².